The highest BCUT2D eigenvalue weighted by Gasteiger charge is 2.66. The van der Waals surface area contributed by atoms with Crippen molar-refractivity contribution in [1.82, 2.24) is 10.6 Å². The summed E-state index contributed by atoms with van der Waals surface area (Å²) in [5.74, 6) is -2.76. The van der Waals surface area contributed by atoms with E-state index in [9.17, 15) is 27.9 Å². The van der Waals surface area contributed by atoms with Crippen LogP contribution in [0.4, 0.5) is 18.0 Å². The highest BCUT2D eigenvalue weighted by Crippen LogP contribution is 2.44. The normalized spacial score (nSPS) is 26.1. The second-order valence-electron chi connectivity index (χ2n) is 6.00. The summed E-state index contributed by atoms with van der Waals surface area (Å²) >= 11 is 0. The molecular formula is C17H15F3N2O4. The van der Waals surface area contributed by atoms with E-state index in [1.54, 1.807) is 13.0 Å². The molecular weight excluding hydrogens is 353 g/mol. The maximum absolute atomic E-state index is 13.6. The zero-order valence-electron chi connectivity index (χ0n) is 13.5. The number of carbonyl (C=O) groups excluding carboxylic acids is 2. The van der Waals surface area contributed by atoms with Crippen LogP contribution in [-0.4, -0.2) is 28.8 Å². The van der Waals surface area contributed by atoms with Gasteiger partial charge in [-0.1, -0.05) is 30.3 Å². The Bertz CT molecular complexity index is 834. The number of halogens is 3. The molecule has 1 fully saturated rings. The number of hydrogen-bond donors (Lipinski definition) is 3. The number of urea groups is 1. The number of hydrogen-bond acceptors (Lipinski definition) is 4. The number of nitrogens with one attached hydrogen (secondary N) is 2. The van der Waals surface area contributed by atoms with Crippen LogP contribution in [0, 0.1) is 12.8 Å². The minimum absolute atomic E-state index is 0.0357. The zero-order valence-corrected chi connectivity index (χ0v) is 13.5. The molecule has 2 aromatic rings. The molecule has 3 N–H and O–H groups in total. The third-order valence-corrected chi connectivity index (χ3v) is 4.21. The Hall–Kier alpha value is -2.81. The Morgan fingerprint density at radius 3 is 2.38 bits per heavy atom. The number of Topliss-reactive ketones (excluding diaryl/α,β-unsaturated/α-hetero) is 1. The van der Waals surface area contributed by atoms with E-state index in [1.165, 1.54) is 41.7 Å². The Balaban J connectivity index is 2.15. The Kier molecular flexibility index (Phi) is 4.27. The second-order valence-corrected chi connectivity index (χ2v) is 6.00. The van der Waals surface area contributed by atoms with E-state index in [0.29, 0.717) is 5.76 Å². The minimum Gasteiger partial charge on any atom is -0.464 e. The van der Waals surface area contributed by atoms with Gasteiger partial charge in [0, 0.05) is 5.56 Å². The van der Waals surface area contributed by atoms with Crippen molar-refractivity contribution in [1.29, 1.82) is 0 Å². The summed E-state index contributed by atoms with van der Waals surface area (Å²) in [6, 6.07) is 7.31. The van der Waals surface area contributed by atoms with E-state index >= 15 is 0 Å². The fraction of sp³-hybridized carbons (Fsp3) is 0.294. The lowest BCUT2D eigenvalue weighted by molar-refractivity contribution is -0.288. The van der Waals surface area contributed by atoms with Gasteiger partial charge in [-0.15, -0.1) is 0 Å². The van der Waals surface area contributed by atoms with Crippen molar-refractivity contribution in [3.63, 3.8) is 0 Å². The molecule has 1 aromatic carbocycles. The molecule has 1 aromatic heterocycles. The lowest BCUT2D eigenvalue weighted by atomic mass is 9.79. The van der Waals surface area contributed by atoms with Gasteiger partial charge >= 0.3 is 12.2 Å². The van der Waals surface area contributed by atoms with Crippen LogP contribution in [0.5, 0.6) is 0 Å². The summed E-state index contributed by atoms with van der Waals surface area (Å²) < 4.78 is 46.3. The molecule has 0 radical (unpaired) electrons. The molecule has 26 heavy (non-hydrogen) atoms. The monoisotopic (exact) mass is 368 g/mol. The molecule has 2 amide bonds. The van der Waals surface area contributed by atoms with Crippen LogP contribution in [-0.2, 0) is 0 Å². The number of alkyl halides is 3. The zero-order chi connectivity index (χ0) is 19.1. The molecule has 6 nitrogen and oxygen atoms in total. The Morgan fingerprint density at radius 1 is 1.19 bits per heavy atom. The average Bonchev–Trinajstić information content (AvgIpc) is 3.00. The van der Waals surface area contributed by atoms with E-state index in [4.69, 9.17) is 4.42 Å². The van der Waals surface area contributed by atoms with Gasteiger partial charge in [-0.05, 0) is 19.1 Å². The Morgan fingerprint density at radius 2 is 1.85 bits per heavy atom. The second kappa shape index (κ2) is 6.17. The molecule has 0 spiro atoms. The molecule has 0 bridgehead atoms. The molecule has 2 heterocycles. The van der Waals surface area contributed by atoms with Crippen LogP contribution in [0.1, 0.15) is 27.9 Å². The molecule has 1 aliphatic rings. The number of amides is 2. The van der Waals surface area contributed by atoms with Gasteiger partial charge in [0.2, 0.25) is 5.72 Å². The summed E-state index contributed by atoms with van der Waals surface area (Å²) in [5, 5.41) is 14.1. The van der Waals surface area contributed by atoms with Crippen LogP contribution in [0.3, 0.4) is 0 Å². The van der Waals surface area contributed by atoms with Crippen molar-refractivity contribution in [2.45, 2.75) is 24.9 Å². The van der Waals surface area contributed by atoms with Gasteiger partial charge in [0.15, 0.2) is 5.78 Å². The first kappa shape index (κ1) is 18.0. The number of carbonyl (C=O) groups is 2. The topological polar surface area (TPSA) is 91.6 Å². The molecule has 0 aliphatic carbocycles. The number of furan rings is 1. The molecule has 1 saturated heterocycles. The van der Waals surface area contributed by atoms with Crippen molar-refractivity contribution in [2.75, 3.05) is 0 Å². The highest BCUT2D eigenvalue weighted by atomic mass is 19.4. The van der Waals surface area contributed by atoms with Gasteiger partial charge in [-0.2, -0.15) is 13.2 Å². The third-order valence-electron chi connectivity index (χ3n) is 4.21. The lowest BCUT2D eigenvalue weighted by Gasteiger charge is -2.44. The fourth-order valence-corrected chi connectivity index (χ4v) is 2.98. The number of rotatable bonds is 3. The van der Waals surface area contributed by atoms with E-state index in [-0.39, 0.29) is 11.3 Å². The van der Waals surface area contributed by atoms with Crippen molar-refractivity contribution < 1.29 is 32.3 Å². The number of benzene rings is 1. The largest absolute Gasteiger partial charge is 0.464 e. The molecule has 3 rings (SSSR count). The van der Waals surface area contributed by atoms with E-state index in [2.05, 4.69) is 5.32 Å². The van der Waals surface area contributed by atoms with Crippen LogP contribution >= 0.6 is 0 Å². The summed E-state index contributed by atoms with van der Waals surface area (Å²) in [5.41, 5.74) is -3.79. The molecule has 0 unspecified atom stereocenters. The summed E-state index contributed by atoms with van der Waals surface area (Å²) in [6.07, 6.45) is -5.29. The number of aliphatic hydroxyl groups is 1. The van der Waals surface area contributed by atoms with Crippen LogP contribution in [0.15, 0.2) is 46.9 Å². The smallest absolute Gasteiger partial charge is 0.437 e. The molecule has 0 saturated carbocycles. The molecule has 9 heteroatoms. The van der Waals surface area contributed by atoms with Crippen LogP contribution in [0.25, 0.3) is 0 Å². The first-order valence-corrected chi connectivity index (χ1v) is 7.67. The number of ketones is 1. The summed E-state index contributed by atoms with van der Waals surface area (Å²) in [7, 11) is 0. The summed E-state index contributed by atoms with van der Waals surface area (Å²) in [4.78, 5) is 24.7. The maximum atomic E-state index is 13.6. The fourth-order valence-electron chi connectivity index (χ4n) is 2.98. The van der Waals surface area contributed by atoms with Crippen LogP contribution < -0.4 is 10.6 Å². The first-order chi connectivity index (χ1) is 12.1. The van der Waals surface area contributed by atoms with Gasteiger partial charge in [0.05, 0.1) is 0 Å². The minimum atomic E-state index is -5.29. The SMILES string of the molecule is Cc1ccc([C@H]2NC(=O)N[C@@](O)(C(F)(F)F)[C@@H]2C(=O)c2ccccc2)o1. The highest BCUT2D eigenvalue weighted by molar-refractivity contribution is 6.00. The lowest BCUT2D eigenvalue weighted by Crippen LogP contribution is -2.72. The quantitative estimate of drug-likeness (QED) is 0.727. The van der Waals surface area contributed by atoms with Gasteiger partial charge in [-0.25, -0.2) is 4.79 Å². The first-order valence-electron chi connectivity index (χ1n) is 7.67. The van der Waals surface area contributed by atoms with Gasteiger partial charge in [-0.3, -0.25) is 4.79 Å². The van der Waals surface area contributed by atoms with Crippen LogP contribution in [0.2, 0.25) is 0 Å². The van der Waals surface area contributed by atoms with Gasteiger partial charge in [0.1, 0.15) is 23.5 Å². The van der Waals surface area contributed by atoms with Gasteiger partial charge < -0.3 is 20.2 Å². The van der Waals surface area contributed by atoms with Crippen molar-refractivity contribution >= 4 is 11.8 Å². The molecule has 1 aliphatic heterocycles. The molecule has 3 atom stereocenters. The Labute approximate surface area is 146 Å². The number of aryl methyl sites for hydroxylation is 1. The predicted molar refractivity (Wildman–Crippen MR) is 83.1 cm³/mol. The van der Waals surface area contributed by atoms with Crippen molar-refractivity contribution in [2.24, 2.45) is 5.92 Å². The predicted octanol–water partition coefficient (Wildman–Crippen LogP) is 2.69. The van der Waals surface area contributed by atoms with Gasteiger partial charge in [0.25, 0.3) is 0 Å². The maximum Gasteiger partial charge on any atom is 0.437 e. The van der Waals surface area contributed by atoms with E-state index < -0.39 is 35.7 Å². The van der Waals surface area contributed by atoms with Crippen molar-refractivity contribution in [3.8, 4) is 0 Å². The standard InChI is InChI=1S/C17H15F3N2O4/c1-9-7-8-11(26-9)13-12(14(23)10-5-3-2-4-6-10)16(25,17(18,19)20)22-15(24)21-13/h2-8,12-13,25H,1H3,(H2,21,22,24)/t12-,13+,16-/m0/s1. The van der Waals surface area contributed by atoms with E-state index in [1.807, 2.05) is 0 Å². The molecule has 138 valence electrons. The summed E-state index contributed by atoms with van der Waals surface area (Å²) in [6.45, 7) is 1.57. The third kappa shape index (κ3) is 2.94. The van der Waals surface area contributed by atoms with E-state index in [0.717, 1.165) is 0 Å². The average molecular weight is 368 g/mol. The van der Waals surface area contributed by atoms with Crippen molar-refractivity contribution in [3.05, 3.63) is 59.5 Å².